The molecule has 0 aliphatic heterocycles. The van der Waals surface area contributed by atoms with Crippen LogP contribution in [-0.2, 0) is 6.42 Å². The average Bonchev–Trinajstić information content (AvgIpc) is 2.70. The lowest BCUT2D eigenvalue weighted by Gasteiger charge is -1.86. The molecule has 0 radical (unpaired) electrons. The van der Waals surface area contributed by atoms with Crippen molar-refractivity contribution in [1.82, 2.24) is 10.2 Å². The van der Waals surface area contributed by atoms with Gasteiger partial charge in [0, 0.05) is 6.42 Å². The molecule has 2 aromatic heterocycles. The molecule has 13 heavy (non-hydrogen) atoms. The van der Waals surface area contributed by atoms with E-state index in [2.05, 4.69) is 22.8 Å². The molecular weight excluding hydrogens is 204 g/mol. The van der Waals surface area contributed by atoms with Gasteiger partial charge in [-0.1, -0.05) is 6.07 Å². The summed E-state index contributed by atoms with van der Waals surface area (Å²) in [6, 6.07) is 3.92. The molecule has 0 saturated carbocycles. The molecule has 0 N–H and O–H groups in total. The van der Waals surface area contributed by atoms with Gasteiger partial charge in [-0.25, -0.2) is 0 Å². The number of thiophene rings is 1. The van der Waals surface area contributed by atoms with Crippen LogP contribution in [0.15, 0.2) is 21.9 Å². The Morgan fingerprint density at radius 1 is 1.46 bits per heavy atom. The van der Waals surface area contributed by atoms with Crippen molar-refractivity contribution in [2.24, 2.45) is 0 Å². The third-order valence-corrected chi connectivity index (χ3v) is 2.61. The molecule has 0 spiro atoms. The molecule has 0 aromatic carbocycles. The zero-order chi connectivity index (χ0) is 9.10. The van der Waals surface area contributed by atoms with E-state index in [4.69, 9.17) is 4.42 Å². The van der Waals surface area contributed by atoms with E-state index in [1.165, 1.54) is 0 Å². The normalized spacial score (nSPS) is 10.5. The SMILES string of the molecule is SCCc1nnc(-c2cccs2)o1. The first kappa shape index (κ1) is 8.77. The second-order valence-corrected chi connectivity index (χ2v) is 3.85. The van der Waals surface area contributed by atoms with Crippen molar-refractivity contribution >= 4 is 24.0 Å². The fourth-order valence-electron chi connectivity index (χ4n) is 0.950. The van der Waals surface area contributed by atoms with Crippen molar-refractivity contribution in [3.8, 4) is 10.8 Å². The van der Waals surface area contributed by atoms with Gasteiger partial charge in [-0.2, -0.15) is 12.6 Å². The summed E-state index contributed by atoms with van der Waals surface area (Å²) in [6.07, 6.45) is 0.724. The lowest BCUT2D eigenvalue weighted by molar-refractivity contribution is 0.515. The number of rotatable bonds is 3. The predicted octanol–water partition coefficient (Wildman–Crippen LogP) is 2.27. The Morgan fingerprint density at radius 3 is 3.08 bits per heavy atom. The van der Waals surface area contributed by atoms with E-state index in [0.29, 0.717) is 11.8 Å². The summed E-state index contributed by atoms with van der Waals surface area (Å²) in [5.41, 5.74) is 0. The summed E-state index contributed by atoms with van der Waals surface area (Å²) < 4.78 is 5.41. The maximum atomic E-state index is 5.41. The second kappa shape index (κ2) is 3.93. The van der Waals surface area contributed by atoms with Crippen molar-refractivity contribution in [3.05, 3.63) is 23.4 Å². The highest BCUT2D eigenvalue weighted by Crippen LogP contribution is 2.22. The minimum absolute atomic E-state index is 0.604. The molecule has 0 atom stereocenters. The lowest BCUT2D eigenvalue weighted by atomic mass is 10.5. The van der Waals surface area contributed by atoms with Gasteiger partial charge in [-0.15, -0.1) is 21.5 Å². The molecule has 2 rings (SSSR count). The fourth-order valence-corrected chi connectivity index (χ4v) is 1.79. The molecule has 0 aliphatic carbocycles. The minimum Gasteiger partial charge on any atom is -0.420 e. The second-order valence-electron chi connectivity index (χ2n) is 2.45. The van der Waals surface area contributed by atoms with Crippen molar-refractivity contribution in [2.75, 3.05) is 5.75 Å². The first-order valence-corrected chi connectivity index (χ1v) is 5.38. The molecule has 0 unspecified atom stereocenters. The molecule has 0 bridgehead atoms. The highest BCUT2D eigenvalue weighted by Gasteiger charge is 2.07. The highest BCUT2D eigenvalue weighted by atomic mass is 32.1. The van der Waals surface area contributed by atoms with Crippen molar-refractivity contribution in [3.63, 3.8) is 0 Å². The Hall–Kier alpha value is -0.810. The van der Waals surface area contributed by atoms with Gasteiger partial charge in [0.2, 0.25) is 5.89 Å². The number of aromatic nitrogens is 2. The molecule has 0 fully saturated rings. The smallest absolute Gasteiger partial charge is 0.257 e. The van der Waals surface area contributed by atoms with E-state index in [9.17, 15) is 0 Å². The standard InChI is InChI=1S/C8H8N2OS2/c12-4-3-7-9-10-8(11-7)6-2-1-5-13-6/h1-2,5,12H,3-4H2. The minimum atomic E-state index is 0.604. The number of hydrogen-bond donors (Lipinski definition) is 1. The number of hydrogen-bond acceptors (Lipinski definition) is 5. The maximum Gasteiger partial charge on any atom is 0.257 e. The Morgan fingerprint density at radius 2 is 2.38 bits per heavy atom. The Bertz CT molecular complexity index is 369. The summed E-state index contributed by atoms with van der Waals surface area (Å²) in [6.45, 7) is 0. The Balaban J connectivity index is 2.23. The van der Waals surface area contributed by atoms with E-state index in [0.717, 1.165) is 17.1 Å². The molecule has 2 heterocycles. The van der Waals surface area contributed by atoms with Crippen LogP contribution in [0.3, 0.4) is 0 Å². The fraction of sp³-hybridized carbons (Fsp3) is 0.250. The summed E-state index contributed by atoms with van der Waals surface area (Å²) in [4.78, 5) is 1.01. The van der Waals surface area contributed by atoms with Gasteiger partial charge in [0.15, 0.2) is 0 Å². The molecule has 5 heteroatoms. The van der Waals surface area contributed by atoms with Crippen LogP contribution >= 0.6 is 24.0 Å². The largest absolute Gasteiger partial charge is 0.420 e. The summed E-state index contributed by atoms with van der Waals surface area (Å²) >= 11 is 5.68. The van der Waals surface area contributed by atoms with Crippen LogP contribution in [0.4, 0.5) is 0 Å². The molecule has 68 valence electrons. The van der Waals surface area contributed by atoms with Crippen LogP contribution in [0, 0.1) is 0 Å². The Labute approximate surface area is 85.2 Å². The van der Waals surface area contributed by atoms with Crippen molar-refractivity contribution in [1.29, 1.82) is 0 Å². The van der Waals surface area contributed by atoms with Crippen LogP contribution in [0.2, 0.25) is 0 Å². The zero-order valence-electron chi connectivity index (χ0n) is 6.80. The average molecular weight is 212 g/mol. The van der Waals surface area contributed by atoms with Crippen LogP contribution in [0.1, 0.15) is 5.89 Å². The molecule has 3 nitrogen and oxygen atoms in total. The van der Waals surface area contributed by atoms with E-state index in [1.807, 2.05) is 17.5 Å². The summed E-state index contributed by atoms with van der Waals surface area (Å²) in [5, 5.41) is 9.82. The third-order valence-electron chi connectivity index (χ3n) is 1.52. The maximum absolute atomic E-state index is 5.41. The molecule has 0 amide bonds. The first-order chi connectivity index (χ1) is 6.40. The van der Waals surface area contributed by atoms with E-state index >= 15 is 0 Å². The van der Waals surface area contributed by atoms with Crippen LogP contribution in [0.5, 0.6) is 0 Å². The van der Waals surface area contributed by atoms with Crippen molar-refractivity contribution < 1.29 is 4.42 Å². The van der Waals surface area contributed by atoms with E-state index < -0.39 is 0 Å². The van der Waals surface area contributed by atoms with Crippen LogP contribution in [-0.4, -0.2) is 16.0 Å². The van der Waals surface area contributed by atoms with Gasteiger partial charge in [0.05, 0.1) is 4.88 Å². The summed E-state index contributed by atoms with van der Waals surface area (Å²) in [5.74, 6) is 1.98. The first-order valence-electron chi connectivity index (χ1n) is 3.87. The van der Waals surface area contributed by atoms with E-state index in [1.54, 1.807) is 11.3 Å². The van der Waals surface area contributed by atoms with Gasteiger partial charge in [0.25, 0.3) is 5.89 Å². The molecule has 0 aliphatic rings. The van der Waals surface area contributed by atoms with Crippen LogP contribution in [0.25, 0.3) is 10.8 Å². The lowest BCUT2D eigenvalue weighted by Crippen LogP contribution is -1.84. The molecule has 2 aromatic rings. The van der Waals surface area contributed by atoms with Gasteiger partial charge < -0.3 is 4.42 Å². The number of thiol groups is 1. The zero-order valence-corrected chi connectivity index (χ0v) is 8.52. The van der Waals surface area contributed by atoms with Gasteiger partial charge in [-0.05, 0) is 17.2 Å². The Kier molecular flexibility index (Phi) is 2.65. The molecular formula is C8H8N2OS2. The molecule has 0 saturated heterocycles. The highest BCUT2D eigenvalue weighted by molar-refractivity contribution is 7.80. The third kappa shape index (κ3) is 1.92. The van der Waals surface area contributed by atoms with Gasteiger partial charge >= 0.3 is 0 Å². The van der Waals surface area contributed by atoms with E-state index in [-0.39, 0.29) is 0 Å². The van der Waals surface area contributed by atoms with Crippen molar-refractivity contribution in [2.45, 2.75) is 6.42 Å². The van der Waals surface area contributed by atoms with Crippen LogP contribution < -0.4 is 0 Å². The van der Waals surface area contributed by atoms with Gasteiger partial charge in [-0.3, -0.25) is 0 Å². The predicted molar refractivity (Wildman–Crippen MR) is 55.2 cm³/mol. The quantitative estimate of drug-likeness (QED) is 0.793. The monoisotopic (exact) mass is 212 g/mol. The van der Waals surface area contributed by atoms with Gasteiger partial charge in [0.1, 0.15) is 0 Å². The number of nitrogens with zero attached hydrogens (tertiary/aromatic N) is 2. The summed E-state index contributed by atoms with van der Waals surface area (Å²) in [7, 11) is 0. The number of aryl methyl sites for hydroxylation is 1. The topological polar surface area (TPSA) is 38.9 Å².